The van der Waals surface area contributed by atoms with Gasteiger partial charge in [0.05, 0.1) is 11.7 Å². The Morgan fingerprint density at radius 3 is 2.37 bits per heavy atom. The van der Waals surface area contributed by atoms with Crippen LogP contribution in [0.3, 0.4) is 0 Å². The third kappa shape index (κ3) is 5.85. The molecule has 0 saturated heterocycles. The fourth-order valence-electron chi connectivity index (χ4n) is 1.60. The number of aliphatic hydroxyl groups excluding tert-OH is 1. The van der Waals surface area contributed by atoms with E-state index in [2.05, 4.69) is 5.32 Å². The van der Waals surface area contributed by atoms with Crippen molar-refractivity contribution in [3.8, 4) is 0 Å². The first kappa shape index (κ1) is 15.7. The average Bonchev–Trinajstić information content (AvgIpc) is 2.33. The number of ether oxygens (including phenoxy) is 1. The zero-order chi connectivity index (χ0) is 14.5. The summed E-state index contributed by atoms with van der Waals surface area (Å²) in [6.45, 7) is 7.57. The van der Waals surface area contributed by atoms with Crippen LogP contribution in [0.4, 0.5) is 0 Å². The summed E-state index contributed by atoms with van der Waals surface area (Å²) in [6, 6.07) is 9.36. The molecule has 0 aliphatic rings. The van der Waals surface area contributed by atoms with Gasteiger partial charge in [0.1, 0.15) is 0 Å². The number of amides is 1. The predicted molar refractivity (Wildman–Crippen MR) is 74.7 cm³/mol. The second-order valence-corrected chi connectivity index (χ2v) is 5.62. The van der Waals surface area contributed by atoms with E-state index < -0.39 is 17.8 Å². The minimum Gasteiger partial charge on any atom is -0.392 e. The summed E-state index contributed by atoms with van der Waals surface area (Å²) in [5, 5.41) is 11.9. The summed E-state index contributed by atoms with van der Waals surface area (Å²) in [6.07, 6.45) is -1.24. The zero-order valence-electron chi connectivity index (χ0n) is 12.0. The van der Waals surface area contributed by atoms with Gasteiger partial charge in [0.15, 0.2) is 6.10 Å². The van der Waals surface area contributed by atoms with Crippen LogP contribution in [0.25, 0.3) is 0 Å². The Labute approximate surface area is 114 Å². The van der Waals surface area contributed by atoms with Gasteiger partial charge in [-0.15, -0.1) is 0 Å². The molecular weight excluding hydrogens is 242 g/mol. The number of carbonyl (C=O) groups excluding carboxylic acids is 1. The third-order valence-electron chi connectivity index (χ3n) is 2.38. The minimum absolute atomic E-state index is 0.218. The van der Waals surface area contributed by atoms with Crippen molar-refractivity contribution in [3.05, 3.63) is 35.9 Å². The molecule has 2 N–H and O–H groups in total. The molecule has 2 unspecified atom stereocenters. The molecular formula is C15H23NO3. The fourth-order valence-corrected chi connectivity index (χ4v) is 1.60. The second kappa shape index (κ2) is 6.68. The van der Waals surface area contributed by atoms with Crippen LogP contribution in [-0.4, -0.2) is 29.3 Å². The molecule has 2 atom stereocenters. The SMILES string of the molecule is CC(O)CNC(=O)C(OC(C)(C)C)c1ccccc1. The van der Waals surface area contributed by atoms with E-state index in [0.717, 1.165) is 5.56 Å². The summed E-state index contributed by atoms with van der Waals surface area (Å²) >= 11 is 0. The molecule has 106 valence electrons. The zero-order valence-corrected chi connectivity index (χ0v) is 12.0. The molecule has 0 fully saturated rings. The molecule has 1 amide bonds. The van der Waals surface area contributed by atoms with Crippen molar-refractivity contribution in [2.45, 2.75) is 45.5 Å². The first-order valence-electron chi connectivity index (χ1n) is 6.48. The summed E-state index contributed by atoms with van der Waals surface area (Å²) in [7, 11) is 0. The van der Waals surface area contributed by atoms with Crippen LogP contribution in [0.1, 0.15) is 39.4 Å². The summed E-state index contributed by atoms with van der Waals surface area (Å²) in [5.74, 6) is -0.234. The summed E-state index contributed by atoms with van der Waals surface area (Å²) in [4.78, 5) is 12.2. The third-order valence-corrected chi connectivity index (χ3v) is 2.38. The number of carbonyl (C=O) groups is 1. The van der Waals surface area contributed by atoms with E-state index in [1.807, 2.05) is 51.1 Å². The maximum Gasteiger partial charge on any atom is 0.253 e. The monoisotopic (exact) mass is 265 g/mol. The number of hydrogen-bond donors (Lipinski definition) is 2. The van der Waals surface area contributed by atoms with Gasteiger partial charge in [-0.2, -0.15) is 0 Å². The fraction of sp³-hybridized carbons (Fsp3) is 0.533. The predicted octanol–water partition coefficient (Wildman–Crippen LogP) is 2.04. The molecule has 0 saturated carbocycles. The van der Waals surface area contributed by atoms with Crippen molar-refractivity contribution < 1.29 is 14.6 Å². The largest absolute Gasteiger partial charge is 0.392 e. The van der Waals surface area contributed by atoms with Crippen LogP contribution in [-0.2, 0) is 9.53 Å². The van der Waals surface area contributed by atoms with E-state index in [9.17, 15) is 9.90 Å². The van der Waals surface area contributed by atoms with Crippen molar-refractivity contribution in [2.24, 2.45) is 0 Å². The summed E-state index contributed by atoms with van der Waals surface area (Å²) < 4.78 is 5.82. The Kier molecular flexibility index (Phi) is 5.51. The molecule has 1 aromatic carbocycles. The van der Waals surface area contributed by atoms with Crippen LogP contribution in [0.2, 0.25) is 0 Å². The highest BCUT2D eigenvalue weighted by Gasteiger charge is 2.26. The molecule has 0 radical (unpaired) electrons. The lowest BCUT2D eigenvalue weighted by Gasteiger charge is -2.27. The van der Waals surface area contributed by atoms with Crippen molar-refractivity contribution in [3.63, 3.8) is 0 Å². The normalized spacial score (nSPS) is 14.8. The van der Waals surface area contributed by atoms with Gasteiger partial charge in [-0.1, -0.05) is 30.3 Å². The van der Waals surface area contributed by atoms with Gasteiger partial charge in [0, 0.05) is 6.54 Å². The van der Waals surface area contributed by atoms with Crippen LogP contribution in [0.15, 0.2) is 30.3 Å². The molecule has 0 spiro atoms. The van der Waals surface area contributed by atoms with Gasteiger partial charge in [0.2, 0.25) is 0 Å². The van der Waals surface area contributed by atoms with E-state index >= 15 is 0 Å². The van der Waals surface area contributed by atoms with Crippen molar-refractivity contribution in [1.29, 1.82) is 0 Å². The molecule has 0 aliphatic heterocycles. The average molecular weight is 265 g/mol. The molecule has 4 heteroatoms. The van der Waals surface area contributed by atoms with Gasteiger partial charge in [-0.25, -0.2) is 0 Å². The van der Waals surface area contributed by atoms with Crippen molar-refractivity contribution >= 4 is 5.91 Å². The van der Waals surface area contributed by atoms with E-state index in [0.29, 0.717) is 0 Å². The lowest BCUT2D eigenvalue weighted by molar-refractivity contribution is -0.143. The number of aliphatic hydroxyl groups is 1. The Morgan fingerprint density at radius 2 is 1.89 bits per heavy atom. The number of rotatable bonds is 5. The molecule has 1 aromatic rings. The highest BCUT2D eigenvalue weighted by molar-refractivity contribution is 5.82. The first-order valence-corrected chi connectivity index (χ1v) is 6.48. The van der Waals surface area contributed by atoms with Crippen LogP contribution < -0.4 is 5.32 Å². The number of nitrogens with one attached hydrogen (secondary N) is 1. The lowest BCUT2D eigenvalue weighted by Crippen LogP contribution is -2.38. The maximum atomic E-state index is 12.2. The standard InChI is InChI=1S/C15H23NO3/c1-11(17)10-16-14(18)13(19-15(2,3)4)12-8-6-5-7-9-12/h5-9,11,13,17H,10H2,1-4H3,(H,16,18). The van der Waals surface area contributed by atoms with E-state index in [1.54, 1.807) is 6.92 Å². The second-order valence-electron chi connectivity index (χ2n) is 5.62. The Balaban J connectivity index is 2.84. The highest BCUT2D eigenvalue weighted by Crippen LogP contribution is 2.24. The molecule has 19 heavy (non-hydrogen) atoms. The molecule has 4 nitrogen and oxygen atoms in total. The molecule has 0 aliphatic carbocycles. The lowest BCUT2D eigenvalue weighted by atomic mass is 10.1. The highest BCUT2D eigenvalue weighted by atomic mass is 16.5. The number of benzene rings is 1. The van der Waals surface area contributed by atoms with Gasteiger partial charge in [-0.3, -0.25) is 4.79 Å². The van der Waals surface area contributed by atoms with Gasteiger partial charge >= 0.3 is 0 Å². The van der Waals surface area contributed by atoms with Gasteiger partial charge in [0.25, 0.3) is 5.91 Å². The molecule has 0 heterocycles. The topological polar surface area (TPSA) is 58.6 Å². The summed E-state index contributed by atoms with van der Waals surface area (Å²) in [5.41, 5.74) is 0.378. The van der Waals surface area contributed by atoms with E-state index in [1.165, 1.54) is 0 Å². The Bertz CT molecular complexity index is 396. The van der Waals surface area contributed by atoms with Crippen LogP contribution in [0.5, 0.6) is 0 Å². The Hall–Kier alpha value is -1.39. The van der Waals surface area contributed by atoms with E-state index in [4.69, 9.17) is 4.74 Å². The quantitative estimate of drug-likeness (QED) is 0.856. The molecule has 0 aromatic heterocycles. The molecule has 0 bridgehead atoms. The smallest absolute Gasteiger partial charge is 0.253 e. The molecule has 1 rings (SSSR count). The maximum absolute atomic E-state index is 12.2. The van der Waals surface area contributed by atoms with Gasteiger partial charge < -0.3 is 15.2 Å². The Morgan fingerprint density at radius 1 is 1.32 bits per heavy atom. The number of hydrogen-bond acceptors (Lipinski definition) is 3. The van der Waals surface area contributed by atoms with Crippen LogP contribution in [0, 0.1) is 0 Å². The first-order chi connectivity index (χ1) is 8.79. The van der Waals surface area contributed by atoms with Crippen LogP contribution >= 0.6 is 0 Å². The van der Waals surface area contributed by atoms with Crippen molar-refractivity contribution in [1.82, 2.24) is 5.32 Å². The minimum atomic E-state index is -0.667. The van der Waals surface area contributed by atoms with Crippen molar-refractivity contribution in [2.75, 3.05) is 6.54 Å². The van der Waals surface area contributed by atoms with Gasteiger partial charge in [-0.05, 0) is 33.3 Å². The van der Waals surface area contributed by atoms with E-state index in [-0.39, 0.29) is 12.5 Å².